The van der Waals surface area contributed by atoms with Gasteiger partial charge in [-0.1, -0.05) is 29.2 Å². The molecule has 1 heterocycles. The van der Waals surface area contributed by atoms with E-state index in [0.29, 0.717) is 4.34 Å². The molecule has 0 spiro atoms. The van der Waals surface area contributed by atoms with Crippen LogP contribution in [0.25, 0.3) is 0 Å². The van der Waals surface area contributed by atoms with Gasteiger partial charge < -0.3 is 10.1 Å². The second kappa shape index (κ2) is 9.92. The first-order chi connectivity index (χ1) is 12.9. The number of aromatic nitrogens is 2. The van der Waals surface area contributed by atoms with Crippen molar-refractivity contribution in [1.29, 1.82) is 0 Å². The highest BCUT2D eigenvalue weighted by Gasteiger charge is 2.19. The van der Waals surface area contributed by atoms with Gasteiger partial charge in [0, 0.05) is 0 Å². The fourth-order valence-corrected chi connectivity index (χ4v) is 3.33. The van der Waals surface area contributed by atoms with Crippen molar-refractivity contribution in [3.63, 3.8) is 0 Å². The van der Waals surface area contributed by atoms with E-state index in [9.17, 15) is 23.2 Å². The number of esters is 1. The van der Waals surface area contributed by atoms with Crippen molar-refractivity contribution < 1.29 is 27.9 Å². The number of nitrogens with zero attached hydrogens (tertiary/aromatic N) is 2. The maximum atomic E-state index is 13.6. The van der Waals surface area contributed by atoms with Crippen LogP contribution in [0, 0.1) is 11.6 Å². The van der Waals surface area contributed by atoms with Gasteiger partial charge >= 0.3 is 5.97 Å². The van der Waals surface area contributed by atoms with Crippen molar-refractivity contribution in [2.75, 3.05) is 24.2 Å². The van der Waals surface area contributed by atoms with Crippen LogP contribution in [-0.4, -0.2) is 46.9 Å². The van der Waals surface area contributed by atoms with Crippen LogP contribution in [0.4, 0.5) is 13.9 Å². The Hall–Kier alpha value is -2.60. The Bertz CT molecular complexity index is 827. The molecule has 0 saturated carbocycles. The SMILES string of the molecule is CCOC(=O)CNC(=O)CSc1nnc(NC(=O)c2c(F)cccc2F)s1. The Morgan fingerprint density at radius 2 is 1.93 bits per heavy atom. The molecule has 0 unspecified atom stereocenters. The predicted octanol–water partition coefficient (Wildman–Crippen LogP) is 1.84. The molecule has 8 nitrogen and oxygen atoms in total. The van der Waals surface area contributed by atoms with Crippen molar-refractivity contribution in [3.05, 3.63) is 35.4 Å². The minimum Gasteiger partial charge on any atom is -0.465 e. The van der Waals surface area contributed by atoms with E-state index in [1.165, 1.54) is 0 Å². The van der Waals surface area contributed by atoms with Gasteiger partial charge in [0.05, 0.1) is 12.4 Å². The third kappa shape index (κ3) is 6.25. The number of halogens is 2. The maximum absolute atomic E-state index is 13.6. The molecular formula is C15H14F2N4O4S2. The normalized spacial score (nSPS) is 10.3. The Morgan fingerprint density at radius 1 is 1.22 bits per heavy atom. The smallest absolute Gasteiger partial charge is 0.325 e. The van der Waals surface area contributed by atoms with E-state index in [2.05, 4.69) is 25.6 Å². The molecule has 0 aliphatic heterocycles. The van der Waals surface area contributed by atoms with Gasteiger partial charge in [-0.05, 0) is 19.1 Å². The van der Waals surface area contributed by atoms with Gasteiger partial charge in [-0.3, -0.25) is 19.7 Å². The summed E-state index contributed by atoms with van der Waals surface area (Å²) in [6.07, 6.45) is 0. The van der Waals surface area contributed by atoms with Gasteiger partial charge in [0.2, 0.25) is 11.0 Å². The molecule has 0 aliphatic rings. The molecule has 2 amide bonds. The van der Waals surface area contributed by atoms with Crippen LogP contribution in [0.5, 0.6) is 0 Å². The summed E-state index contributed by atoms with van der Waals surface area (Å²) in [7, 11) is 0. The minimum atomic E-state index is -0.995. The summed E-state index contributed by atoms with van der Waals surface area (Å²) >= 11 is 1.96. The van der Waals surface area contributed by atoms with Gasteiger partial charge in [-0.25, -0.2) is 8.78 Å². The molecular weight excluding hydrogens is 402 g/mol. The Kier molecular flexibility index (Phi) is 7.61. The average molecular weight is 416 g/mol. The molecule has 0 atom stereocenters. The van der Waals surface area contributed by atoms with Gasteiger partial charge in [-0.2, -0.15) is 0 Å². The number of anilines is 1. The van der Waals surface area contributed by atoms with Gasteiger partial charge in [-0.15, -0.1) is 10.2 Å². The van der Waals surface area contributed by atoms with E-state index in [1.54, 1.807) is 6.92 Å². The Morgan fingerprint density at radius 3 is 2.59 bits per heavy atom. The number of thioether (sulfide) groups is 1. The highest BCUT2D eigenvalue weighted by molar-refractivity contribution is 8.01. The Labute approximate surface area is 160 Å². The predicted molar refractivity (Wildman–Crippen MR) is 94.6 cm³/mol. The molecule has 1 aromatic carbocycles. The van der Waals surface area contributed by atoms with Crippen molar-refractivity contribution in [1.82, 2.24) is 15.5 Å². The lowest BCUT2D eigenvalue weighted by molar-refractivity contribution is -0.143. The molecule has 144 valence electrons. The van der Waals surface area contributed by atoms with Crippen LogP contribution >= 0.6 is 23.1 Å². The molecule has 2 N–H and O–H groups in total. The molecule has 0 fully saturated rings. The number of hydrogen-bond acceptors (Lipinski definition) is 8. The van der Waals surface area contributed by atoms with E-state index in [1.807, 2.05) is 0 Å². The van der Waals surface area contributed by atoms with Gasteiger partial charge in [0.1, 0.15) is 23.7 Å². The maximum Gasteiger partial charge on any atom is 0.325 e. The lowest BCUT2D eigenvalue weighted by Crippen LogP contribution is -2.31. The highest BCUT2D eigenvalue weighted by atomic mass is 32.2. The van der Waals surface area contributed by atoms with Crippen molar-refractivity contribution in [2.45, 2.75) is 11.3 Å². The summed E-state index contributed by atoms with van der Waals surface area (Å²) in [5.74, 6) is -3.98. The van der Waals surface area contributed by atoms with E-state index in [-0.39, 0.29) is 24.0 Å². The molecule has 12 heteroatoms. The lowest BCUT2D eigenvalue weighted by Gasteiger charge is -2.04. The number of amides is 2. The third-order valence-corrected chi connectivity index (χ3v) is 4.85. The second-order valence-corrected chi connectivity index (χ2v) is 6.99. The van der Waals surface area contributed by atoms with E-state index in [0.717, 1.165) is 41.3 Å². The summed E-state index contributed by atoms with van der Waals surface area (Å²) in [6, 6.07) is 3.08. The zero-order valence-corrected chi connectivity index (χ0v) is 15.6. The zero-order chi connectivity index (χ0) is 19.8. The average Bonchev–Trinajstić information content (AvgIpc) is 3.05. The van der Waals surface area contributed by atoms with Crippen LogP contribution in [0.3, 0.4) is 0 Å². The largest absolute Gasteiger partial charge is 0.465 e. The lowest BCUT2D eigenvalue weighted by atomic mass is 10.2. The topological polar surface area (TPSA) is 110 Å². The van der Waals surface area contributed by atoms with E-state index >= 15 is 0 Å². The number of carbonyl (C=O) groups is 3. The molecule has 0 aliphatic carbocycles. The summed E-state index contributed by atoms with van der Waals surface area (Å²) in [5.41, 5.74) is -0.722. The van der Waals surface area contributed by atoms with Crippen LogP contribution in [-0.2, 0) is 14.3 Å². The summed E-state index contributed by atoms with van der Waals surface area (Å²) in [6.45, 7) is 1.64. The molecule has 0 radical (unpaired) electrons. The van der Waals surface area contributed by atoms with Crippen LogP contribution in [0.15, 0.2) is 22.5 Å². The molecule has 27 heavy (non-hydrogen) atoms. The quantitative estimate of drug-likeness (QED) is 0.384. The van der Waals surface area contributed by atoms with Crippen LogP contribution in [0.2, 0.25) is 0 Å². The fraction of sp³-hybridized carbons (Fsp3) is 0.267. The third-order valence-electron chi connectivity index (χ3n) is 2.88. The first kappa shape index (κ1) is 20.7. The monoisotopic (exact) mass is 416 g/mol. The number of hydrogen-bond donors (Lipinski definition) is 2. The summed E-state index contributed by atoms with van der Waals surface area (Å²) < 4.78 is 32.2. The summed E-state index contributed by atoms with van der Waals surface area (Å²) in [5, 5.41) is 12.1. The number of nitrogens with one attached hydrogen (secondary N) is 2. The van der Waals surface area contributed by atoms with Gasteiger partial charge in [0.25, 0.3) is 5.91 Å². The standard InChI is InChI=1S/C15H14F2N4O4S2/c1-2-25-11(23)6-18-10(22)7-26-15-21-20-14(27-15)19-13(24)12-8(16)4-3-5-9(12)17/h3-5H,2,6-7H2,1H3,(H,18,22)(H,19,20,24). The molecule has 2 aromatic rings. The van der Waals surface area contributed by atoms with Crippen molar-refractivity contribution in [2.24, 2.45) is 0 Å². The molecule has 2 rings (SSSR count). The molecule has 1 aromatic heterocycles. The fourth-order valence-electron chi connectivity index (χ4n) is 1.75. The molecule has 0 saturated heterocycles. The second-order valence-electron chi connectivity index (χ2n) is 4.79. The van der Waals surface area contributed by atoms with Gasteiger partial charge in [0.15, 0.2) is 4.34 Å². The first-order valence-electron chi connectivity index (χ1n) is 7.54. The van der Waals surface area contributed by atoms with Crippen molar-refractivity contribution in [3.8, 4) is 0 Å². The highest BCUT2D eigenvalue weighted by Crippen LogP contribution is 2.26. The van der Waals surface area contributed by atoms with Crippen molar-refractivity contribution >= 4 is 46.0 Å². The summed E-state index contributed by atoms with van der Waals surface area (Å²) in [4.78, 5) is 34.7. The Balaban J connectivity index is 1.85. The number of rotatable bonds is 8. The van der Waals surface area contributed by atoms with E-state index < -0.39 is 35.0 Å². The first-order valence-corrected chi connectivity index (χ1v) is 9.35. The number of ether oxygens (including phenoxy) is 1. The zero-order valence-electron chi connectivity index (χ0n) is 14.0. The van der Waals surface area contributed by atoms with E-state index in [4.69, 9.17) is 0 Å². The number of benzene rings is 1. The van der Waals surface area contributed by atoms with Crippen LogP contribution < -0.4 is 10.6 Å². The minimum absolute atomic E-state index is 0.0251. The molecule has 0 bridgehead atoms. The number of carbonyl (C=O) groups excluding carboxylic acids is 3. The van der Waals surface area contributed by atoms with Crippen LogP contribution in [0.1, 0.15) is 17.3 Å².